The highest BCUT2D eigenvalue weighted by atomic mass is 35.5. The van der Waals surface area contributed by atoms with Crippen LogP contribution >= 0.6 is 11.6 Å². The largest absolute Gasteiger partial charge is 0.453 e. The van der Waals surface area contributed by atoms with Crippen molar-refractivity contribution < 1.29 is 19.1 Å². The number of rotatable bonds is 3. The highest BCUT2D eigenvalue weighted by Crippen LogP contribution is 2.34. The van der Waals surface area contributed by atoms with Gasteiger partial charge in [0.2, 0.25) is 11.8 Å². The number of anilines is 3. The van der Waals surface area contributed by atoms with Crippen molar-refractivity contribution in [1.82, 2.24) is 14.9 Å². The molecular weight excluding hydrogens is 532 g/mol. The Hall–Kier alpha value is -4.31. The van der Waals surface area contributed by atoms with Gasteiger partial charge in [0.1, 0.15) is 11.9 Å². The molecule has 3 heterocycles. The van der Waals surface area contributed by atoms with Crippen molar-refractivity contribution in [3.05, 3.63) is 71.7 Å². The molecule has 1 fully saturated rings. The molecule has 1 saturated heterocycles. The van der Waals surface area contributed by atoms with Crippen molar-refractivity contribution >= 4 is 46.6 Å². The number of aromatic nitrogens is 2. The Bertz CT molecular complexity index is 1450. The fourth-order valence-electron chi connectivity index (χ4n) is 5.14. The lowest BCUT2D eigenvalue weighted by Crippen LogP contribution is -2.57. The van der Waals surface area contributed by atoms with Crippen LogP contribution in [0.1, 0.15) is 38.1 Å². The minimum Gasteiger partial charge on any atom is -0.453 e. The maximum absolute atomic E-state index is 13.7. The summed E-state index contributed by atoms with van der Waals surface area (Å²) in [4.78, 5) is 50.2. The summed E-state index contributed by atoms with van der Waals surface area (Å²) < 4.78 is 4.69. The van der Waals surface area contributed by atoms with E-state index in [9.17, 15) is 14.4 Å². The number of aromatic amines is 1. The topological polar surface area (TPSA) is 120 Å². The number of hydrogen-bond donors (Lipinski definition) is 3. The molecule has 3 N–H and O–H groups in total. The summed E-state index contributed by atoms with van der Waals surface area (Å²) in [6, 6.07) is 12.1. The molecule has 208 valence electrons. The predicted molar refractivity (Wildman–Crippen MR) is 154 cm³/mol. The average Bonchev–Trinajstić information content (AvgIpc) is 3.42. The molecule has 40 heavy (non-hydrogen) atoms. The number of imidazole rings is 1. The maximum atomic E-state index is 13.7. The van der Waals surface area contributed by atoms with Crippen LogP contribution in [-0.2, 0) is 14.3 Å². The Morgan fingerprint density at radius 1 is 1.12 bits per heavy atom. The first kappa shape index (κ1) is 27.3. The van der Waals surface area contributed by atoms with Gasteiger partial charge in [0, 0.05) is 41.5 Å². The highest BCUT2D eigenvalue weighted by Gasteiger charge is 2.37. The summed E-state index contributed by atoms with van der Waals surface area (Å²) in [5.41, 5.74) is 3.30. The zero-order valence-electron chi connectivity index (χ0n) is 22.3. The van der Waals surface area contributed by atoms with Crippen LogP contribution in [0.2, 0.25) is 5.02 Å². The van der Waals surface area contributed by atoms with E-state index in [4.69, 9.17) is 11.6 Å². The van der Waals surface area contributed by atoms with Crippen molar-refractivity contribution in [2.45, 2.75) is 38.3 Å². The molecule has 3 aromatic rings. The molecule has 0 radical (unpaired) electrons. The summed E-state index contributed by atoms with van der Waals surface area (Å²) in [6.45, 7) is 3.08. The van der Waals surface area contributed by atoms with E-state index in [2.05, 4.69) is 30.2 Å². The lowest BCUT2D eigenvalue weighted by molar-refractivity contribution is -0.136. The van der Waals surface area contributed by atoms with Crippen LogP contribution in [0.15, 0.2) is 60.8 Å². The number of carbonyl (C=O) groups excluding carboxylic acids is 3. The molecule has 0 spiro atoms. The number of allylic oxidation sites excluding steroid dienone is 1. The molecular formula is C29H31ClN6O4. The van der Waals surface area contributed by atoms with Gasteiger partial charge >= 0.3 is 6.09 Å². The van der Waals surface area contributed by atoms with Gasteiger partial charge in [0.05, 0.1) is 30.7 Å². The summed E-state index contributed by atoms with van der Waals surface area (Å²) in [5, 5.41) is 6.20. The normalized spacial score (nSPS) is 20.4. The van der Waals surface area contributed by atoms with E-state index in [-0.39, 0.29) is 30.3 Å². The lowest BCUT2D eigenvalue weighted by atomic mass is 10.0. The highest BCUT2D eigenvalue weighted by molar-refractivity contribution is 6.30. The number of piperazine rings is 1. The number of fused-ring (bicyclic) bond motifs is 4. The number of nitrogens with one attached hydrogen (secondary N) is 3. The number of hydrogen-bond acceptors (Lipinski definition) is 6. The van der Waals surface area contributed by atoms with E-state index in [1.54, 1.807) is 24.4 Å². The Morgan fingerprint density at radius 2 is 1.95 bits per heavy atom. The van der Waals surface area contributed by atoms with Crippen molar-refractivity contribution in [2.75, 3.05) is 35.7 Å². The number of nitrogens with zero attached hydrogens (tertiary/aromatic N) is 3. The van der Waals surface area contributed by atoms with E-state index in [1.165, 1.54) is 7.11 Å². The SMILES string of the molecule is COC(=O)Nc1ccc2c(c1)NC(=O)CC/C=C/CC(N1CCN(c3cccc(Cl)c3)C(C)C1=O)c1ncc-2[nH]1. The van der Waals surface area contributed by atoms with Gasteiger partial charge in [0.15, 0.2) is 0 Å². The molecule has 0 aliphatic carbocycles. The van der Waals surface area contributed by atoms with Crippen LogP contribution in [0.5, 0.6) is 0 Å². The van der Waals surface area contributed by atoms with Crippen LogP contribution < -0.4 is 15.5 Å². The fraction of sp³-hybridized carbons (Fsp3) is 0.310. The van der Waals surface area contributed by atoms with Crippen molar-refractivity contribution in [2.24, 2.45) is 0 Å². The molecule has 0 saturated carbocycles. The Kier molecular flexibility index (Phi) is 8.06. The fourth-order valence-corrected chi connectivity index (χ4v) is 5.32. The van der Waals surface area contributed by atoms with Gasteiger partial charge in [-0.3, -0.25) is 14.9 Å². The summed E-state index contributed by atoms with van der Waals surface area (Å²) >= 11 is 6.21. The lowest BCUT2D eigenvalue weighted by Gasteiger charge is -2.43. The van der Waals surface area contributed by atoms with Gasteiger partial charge in [-0.05, 0) is 56.2 Å². The van der Waals surface area contributed by atoms with Gasteiger partial charge in [-0.25, -0.2) is 9.78 Å². The van der Waals surface area contributed by atoms with Gasteiger partial charge in [-0.15, -0.1) is 0 Å². The van der Waals surface area contributed by atoms with E-state index in [0.717, 1.165) is 5.69 Å². The smallest absolute Gasteiger partial charge is 0.411 e. The monoisotopic (exact) mass is 562 g/mol. The Morgan fingerprint density at radius 3 is 2.75 bits per heavy atom. The molecule has 3 amide bonds. The van der Waals surface area contributed by atoms with Crippen molar-refractivity contribution in [3.8, 4) is 11.3 Å². The molecule has 1 aromatic heterocycles. The second kappa shape index (κ2) is 11.8. The van der Waals surface area contributed by atoms with Crippen LogP contribution in [0.25, 0.3) is 11.3 Å². The average molecular weight is 563 g/mol. The molecule has 11 heteroatoms. The number of carbonyl (C=O) groups is 3. The second-order valence-corrected chi connectivity index (χ2v) is 10.2. The molecule has 2 atom stereocenters. The molecule has 2 aromatic carbocycles. The minimum atomic E-state index is -0.609. The first-order valence-corrected chi connectivity index (χ1v) is 13.5. The van der Waals surface area contributed by atoms with Crippen LogP contribution in [0, 0.1) is 0 Å². The number of benzene rings is 2. The standard InChI is InChI=1S/C29H31ClN6O4/c1-18-28(38)36(14-13-35(18)21-8-6-7-19(30)15-21)25-9-4-3-5-10-26(37)33-23-16-20(32-29(39)40-2)11-12-22(23)24-17-31-27(25)34-24/h3-4,6-8,11-12,15-18,25H,5,9-10,13-14H2,1-2H3,(H,31,34)(H,32,39)(H,33,37)/b4-3+. The van der Waals surface area contributed by atoms with E-state index in [0.29, 0.717) is 59.4 Å². The Balaban J connectivity index is 1.46. The number of halogens is 1. The second-order valence-electron chi connectivity index (χ2n) is 9.75. The maximum Gasteiger partial charge on any atom is 0.411 e. The first-order chi connectivity index (χ1) is 19.3. The van der Waals surface area contributed by atoms with Crippen LogP contribution in [0.4, 0.5) is 21.9 Å². The molecule has 2 bridgehead atoms. The van der Waals surface area contributed by atoms with Gasteiger partial charge in [-0.2, -0.15) is 0 Å². The molecule has 2 unspecified atom stereocenters. The van der Waals surface area contributed by atoms with Crippen LogP contribution in [0.3, 0.4) is 0 Å². The van der Waals surface area contributed by atoms with Crippen molar-refractivity contribution in [3.63, 3.8) is 0 Å². The van der Waals surface area contributed by atoms with Crippen LogP contribution in [-0.4, -0.2) is 59.0 Å². The van der Waals surface area contributed by atoms with E-state index < -0.39 is 6.09 Å². The molecule has 5 rings (SSSR count). The zero-order chi connectivity index (χ0) is 28.2. The van der Waals surface area contributed by atoms with E-state index in [1.807, 2.05) is 48.2 Å². The van der Waals surface area contributed by atoms with Gasteiger partial charge in [-0.1, -0.05) is 29.8 Å². The summed E-state index contributed by atoms with van der Waals surface area (Å²) in [5.74, 6) is 0.505. The van der Waals surface area contributed by atoms with E-state index >= 15 is 0 Å². The van der Waals surface area contributed by atoms with Crippen molar-refractivity contribution in [1.29, 1.82) is 0 Å². The minimum absolute atomic E-state index is 0.00247. The quantitative estimate of drug-likeness (QED) is 0.369. The third-order valence-electron chi connectivity index (χ3n) is 7.20. The number of amides is 3. The predicted octanol–water partition coefficient (Wildman–Crippen LogP) is 5.37. The third kappa shape index (κ3) is 5.81. The van der Waals surface area contributed by atoms with Gasteiger partial charge < -0.3 is 24.8 Å². The molecule has 10 nitrogen and oxygen atoms in total. The summed E-state index contributed by atoms with van der Waals surface area (Å²) in [7, 11) is 1.28. The van der Waals surface area contributed by atoms with Gasteiger partial charge in [0.25, 0.3) is 0 Å². The molecule has 2 aliphatic heterocycles. The zero-order valence-corrected chi connectivity index (χ0v) is 23.1. The number of ether oxygens (including phenoxy) is 1. The molecule has 2 aliphatic rings. The number of H-pyrrole nitrogens is 1. The third-order valence-corrected chi connectivity index (χ3v) is 7.43. The number of methoxy groups -OCH3 is 1. The Labute approximate surface area is 237 Å². The first-order valence-electron chi connectivity index (χ1n) is 13.2. The summed E-state index contributed by atoms with van der Waals surface area (Å²) in [6.07, 6.45) is 6.44.